The summed E-state index contributed by atoms with van der Waals surface area (Å²) in [5.41, 5.74) is 0. The van der Waals surface area contributed by atoms with Gasteiger partial charge in [-0.2, -0.15) is 0 Å². The van der Waals surface area contributed by atoms with Crippen LogP contribution >= 0.6 is 0 Å². The van der Waals surface area contributed by atoms with Crippen molar-refractivity contribution < 1.29 is 4.79 Å². The second kappa shape index (κ2) is 29.2. The van der Waals surface area contributed by atoms with Crippen LogP contribution in [0.1, 0.15) is 168 Å². The van der Waals surface area contributed by atoms with Gasteiger partial charge in [-0.05, 0) is 44.6 Å². The molecule has 0 radical (unpaired) electrons. The molecule has 0 bridgehead atoms. The summed E-state index contributed by atoms with van der Waals surface area (Å²) < 4.78 is 0. The smallest absolute Gasteiger partial charge is 0.245 e. The maximum absolute atomic E-state index is 12.2. The van der Waals surface area contributed by atoms with Gasteiger partial charge in [0.15, 0.2) is 0 Å². The van der Waals surface area contributed by atoms with Crippen LogP contribution in [-0.4, -0.2) is 23.9 Å². The van der Waals surface area contributed by atoms with E-state index in [1.165, 1.54) is 147 Å². The van der Waals surface area contributed by atoms with Gasteiger partial charge in [0.2, 0.25) is 5.91 Å². The Morgan fingerprint density at radius 2 is 0.829 bits per heavy atom. The summed E-state index contributed by atoms with van der Waals surface area (Å²) >= 11 is 0. The van der Waals surface area contributed by atoms with E-state index in [-0.39, 0.29) is 5.91 Å². The van der Waals surface area contributed by atoms with Crippen LogP contribution in [0.25, 0.3) is 0 Å². The van der Waals surface area contributed by atoms with Gasteiger partial charge in [-0.1, -0.05) is 148 Å². The van der Waals surface area contributed by atoms with Crippen molar-refractivity contribution in [2.24, 2.45) is 0 Å². The predicted octanol–water partition coefficient (Wildman–Crippen LogP) is 11.0. The molecule has 0 fully saturated rings. The van der Waals surface area contributed by atoms with Crippen LogP contribution in [0.2, 0.25) is 0 Å². The zero-order valence-corrected chi connectivity index (χ0v) is 24.2. The van der Waals surface area contributed by atoms with Crippen LogP contribution < -0.4 is 0 Å². The van der Waals surface area contributed by atoms with Gasteiger partial charge in [0.05, 0.1) is 0 Å². The van der Waals surface area contributed by atoms with Crippen molar-refractivity contribution in [1.82, 2.24) is 4.90 Å². The third kappa shape index (κ3) is 25.8. The largest absolute Gasteiger partial charge is 0.339 e. The van der Waals surface area contributed by atoms with Gasteiger partial charge in [0.25, 0.3) is 0 Å². The molecule has 0 aliphatic heterocycles. The molecule has 206 valence electrons. The third-order valence-corrected chi connectivity index (χ3v) is 7.21. The number of hydrogen-bond donors (Lipinski definition) is 0. The van der Waals surface area contributed by atoms with Crippen molar-refractivity contribution in [3.8, 4) is 0 Å². The summed E-state index contributed by atoms with van der Waals surface area (Å²) in [6, 6.07) is 0. The van der Waals surface area contributed by atoms with Gasteiger partial charge in [-0.15, -0.1) is 0 Å². The molecule has 0 atom stereocenters. The topological polar surface area (TPSA) is 20.3 Å². The summed E-state index contributed by atoms with van der Waals surface area (Å²) in [6.45, 7) is 10.1. The Bertz CT molecular complexity index is 470. The molecule has 0 saturated carbocycles. The van der Waals surface area contributed by atoms with E-state index >= 15 is 0 Å². The summed E-state index contributed by atoms with van der Waals surface area (Å²) in [6.07, 6.45) is 38.2. The van der Waals surface area contributed by atoms with Gasteiger partial charge in [0, 0.05) is 13.1 Å². The SMILES string of the molecule is C=CC(=O)N(CCCCCCCC/C=C\CCCCCCCC)CCCCCCCCCCCC. The highest BCUT2D eigenvalue weighted by Crippen LogP contribution is 2.13. The molecule has 0 N–H and O–H groups in total. The number of amides is 1. The van der Waals surface area contributed by atoms with E-state index in [4.69, 9.17) is 0 Å². The molecule has 0 aromatic rings. The first-order valence-corrected chi connectivity index (χ1v) is 15.8. The molecule has 0 aromatic carbocycles. The fourth-order valence-corrected chi connectivity index (χ4v) is 4.80. The molecule has 0 aromatic heterocycles. The monoisotopic (exact) mass is 489 g/mol. The van der Waals surface area contributed by atoms with E-state index in [1.54, 1.807) is 0 Å². The van der Waals surface area contributed by atoms with Crippen LogP contribution in [-0.2, 0) is 4.79 Å². The first-order chi connectivity index (χ1) is 17.3. The molecule has 0 aliphatic carbocycles. The number of carbonyl (C=O) groups is 1. The Balaban J connectivity index is 3.57. The Morgan fingerprint density at radius 1 is 0.514 bits per heavy atom. The third-order valence-electron chi connectivity index (χ3n) is 7.21. The van der Waals surface area contributed by atoms with Crippen molar-refractivity contribution in [3.05, 3.63) is 24.8 Å². The van der Waals surface area contributed by atoms with E-state index in [1.807, 2.05) is 4.90 Å². The maximum Gasteiger partial charge on any atom is 0.245 e. The van der Waals surface area contributed by atoms with Crippen molar-refractivity contribution in [3.63, 3.8) is 0 Å². The average Bonchev–Trinajstić information content (AvgIpc) is 2.87. The van der Waals surface area contributed by atoms with Crippen LogP contribution in [0.4, 0.5) is 0 Å². The lowest BCUT2D eigenvalue weighted by Gasteiger charge is -2.21. The van der Waals surface area contributed by atoms with Gasteiger partial charge < -0.3 is 4.90 Å². The number of unbranched alkanes of at least 4 members (excludes halogenated alkanes) is 21. The first-order valence-electron chi connectivity index (χ1n) is 15.8. The fraction of sp³-hybridized carbons (Fsp3) is 0.848. The van der Waals surface area contributed by atoms with E-state index in [2.05, 4.69) is 32.6 Å². The zero-order chi connectivity index (χ0) is 25.7. The molecule has 0 saturated heterocycles. The van der Waals surface area contributed by atoms with Crippen molar-refractivity contribution >= 4 is 5.91 Å². The maximum atomic E-state index is 12.2. The second-order valence-electron chi connectivity index (χ2n) is 10.6. The lowest BCUT2D eigenvalue weighted by Crippen LogP contribution is -2.31. The van der Waals surface area contributed by atoms with Gasteiger partial charge in [0.1, 0.15) is 0 Å². The normalized spacial score (nSPS) is 11.4. The lowest BCUT2D eigenvalue weighted by molar-refractivity contribution is -0.126. The minimum atomic E-state index is 0.119. The highest BCUT2D eigenvalue weighted by atomic mass is 16.2. The molecule has 1 amide bonds. The van der Waals surface area contributed by atoms with Gasteiger partial charge >= 0.3 is 0 Å². The Hall–Kier alpha value is -1.05. The zero-order valence-electron chi connectivity index (χ0n) is 24.2. The molecular weight excluding hydrogens is 426 g/mol. The number of nitrogens with zero attached hydrogens (tertiary/aromatic N) is 1. The molecule has 0 heterocycles. The quantitative estimate of drug-likeness (QED) is 0.0607. The van der Waals surface area contributed by atoms with E-state index < -0.39 is 0 Å². The number of hydrogen-bond acceptors (Lipinski definition) is 1. The molecule has 2 nitrogen and oxygen atoms in total. The lowest BCUT2D eigenvalue weighted by atomic mass is 10.1. The number of rotatable bonds is 28. The number of carbonyl (C=O) groups excluding carboxylic acids is 1. The molecule has 0 aliphatic rings. The molecular formula is C33H63NO. The molecule has 0 rings (SSSR count). The van der Waals surface area contributed by atoms with Crippen molar-refractivity contribution in [1.29, 1.82) is 0 Å². The van der Waals surface area contributed by atoms with Crippen molar-refractivity contribution in [2.45, 2.75) is 168 Å². The Labute approximate surface area is 221 Å². The Morgan fingerprint density at radius 3 is 1.17 bits per heavy atom. The van der Waals surface area contributed by atoms with Gasteiger partial charge in [-0.25, -0.2) is 0 Å². The Kier molecular flexibility index (Phi) is 28.3. The van der Waals surface area contributed by atoms with Crippen LogP contribution in [0, 0.1) is 0 Å². The van der Waals surface area contributed by atoms with Crippen molar-refractivity contribution in [2.75, 3.05) is 13.1 Å². The molecule has 2 heteroatoms. The standard InChI is InChI=1S/C33H63NO/c1-4-7-9-11-13-15-17-18-19-20-21-22-24-26-28-30-32-34(33(35)6-3)31-29-27-25-23-16-14-12-10-8-5-2/h6,18-19H,3-5,7-17,20-32H2,1-2H3/b19-18-. The summed E-state index contributed by atoms with van der Waals surface area (Å²) in [5.74, 6) is 0.119. The highest BCUT2D eigenvalue weighted by molar-refractivity contribution is 5.86. The highest BCUT2D eigenvalue weighted by Gasteiger charge is 2.09. The minimum absolute atomic E-state index is 0.119. The summed E-state index contributed by atoms with van der Waals surface area (Å²) in [4.78, 5) is 14.2. The predicted molar refractivity (Wildman–Crippen MR) is 158 cm³/mol. The fourth-order valence-electron chi connectivity index (χ4n) is 4.80. The van der Waals surface area contributed by atoms with E-state index in [9.17, 15) is 4.79 Å². The minimum Gasteiger partial charge on any atom is -0.339 e. The summed E-state index contributed by atoms with van der Waals surface area (Å²) in [5, 5.41) is 0. The second-order valence-corrected chi connectivity index (χ2v) is 10.6. The average molecular weight is 490 g/mol. The van der Waals surface area contributed by atoms with Gasteiger partial charge in [-0.3, -0.25) is 4.79 Å². The molecule has 0 unspecified atom stereocenters. The van der Waals surface area contributed by atoms with Crippen LogP contribution in [0.3, 0.4) is 0 Å². The molecule has 35 heavy (non-hydrogen) atoms. The van der Waals surface area contributed by atoms with E-state index in [0.717, 1.165) is 25.9 Å². The van der Waals surface area contributed by atoms with Crippen LogP contribution in [0.5, 0.6) is 0 Å². The first kappa shape index (κ1) is 34.0. The molecule has 0 spiro atoms. The van der Waals surface area contributed by atoms with Crippen LogP contribution in [0.15, 0.2) is 24.8 Å². The van der Waals surface area contributed by atoms with E-state index in [0.29, 0.717) is 0 Å². The summed E-state index contributed by atoms with van der Waals surface area (Å²) in [7, 11) is 0. The number of allylic oxidation sites excluding steroid dienone is 2.